The molecule has 0 aliphatic rings. The third-order valence-electron chi connectivity index (χ3n) is 3.43. The smallest absolute Gasteiger partial charge is 0.419 e. The summed E-state index contributed by atoms with van der Waals surface area (Å²) in [5.74, 6) is -1.47. The molecule has 26 heavy (non-hydrogen) atoms. The van der Waals surface area contributed by atoms with Gasteiger partial charge in [0.15, 0.2) is 0 Å². The van der Waals surface area contributed by atoms with E-state index in [1.807, 2.05) is 0 Å². The van der Waals surface area contributed by atoms with E-state index in [-0.39, 0.29) is 16.9 Å². The minimum atomic E-state index is -4.66. The van der Waals surface area contributed by atoms with Crippen molar-refractivity contribution >= 4 is 29.4 Å². The highest BCUT2D eigenvalue weighted by atomic mass is 35.5. The first kappa shape index (κ1) is 19.4. The number of aromatic nitrogens is 2. The Hall–Kier alpha value is -2.88. The topological polar surface area (TPSA) is 99.4 Å². The summed E-state index contributed by atoms with van der Waals surface area (Å²) in [6.45, 7) is 1.48. The normalized spacial score (nSPS) is 11.8. The number of rotatable bonds is 4. The Morgan fingerprint density at radius 3 is 2.50 bits per heavy atom. The van der Waals surface area contributed by atoms with E-state index in [0.29, 0.717) is 6.07 Å². The van der Waals surface area contributed by atoms with Gasteiger partial charge in [-0.2, -0.15) is 17.8 Å². The first-order valence-electron chi connectivity index (χ1n) is 7.10. The lowest BCUT2D eigenvalue weighted by molar-refractivity contribution is -0.137. The molecular formula is C15H14ClF3N4O3. The van der Waals surface area contributed by atoms with Crippen molar-refractivity contribution in [3.63, 3.8) is 0 Å². The first-order valence-corrected chi connectivity index (χ1v) is 7.47. The second kappa shape index (κ2) is 7.16. The summed E-state index contributed by atoms with van der Waals surface area (Å²) in [6, 6.07) is 1.71. The molecule has 140 valence electrons. The van der Waals surface area contributed by atoms with E-state index >= 15 is 0 Å². The van der Waals surface area contributed by atoms with Crippen LogP contribution in [-0.2, 0) is 11.0 Å². The van der Waals surface area contributed by atoms with Gasteiger partial charge in [0.25, 0.3) is 0 Å². The molecule has 0 unspecified atom stereocenters. The van der Waals surface area contributed by atoms with Crippen molar-refractivity contribution in [2.75, 3.05) is 12.5 Å². The number of hydrogen-bond donors (Lipinski definition) is 4. The standard InChI is InChI=1S/C15H14ClF3N4O3/c1-7-8(3-6-11(24)20-2)14(26)23(13(7)25)22-10-5-4-9(12(16)21-10)15(17,18)19/h3-6,25-26H,1-2H3,(H,20,24)(H,21,22). The van der Waals surface area contributed by atoms with Crippen LogP contribution in [0.25, 0.3) is 6.08 Å². The molecule has 0 saturated heterocycles. The highest BCUT2D eigenvalue weighted by Crippen LogP contribution is 2.36. The Morgan fingerprint density at radius 1 is 1.31 bits per heavy atom. The number of likely N-dealkylation sites (N-methyl/N-ethyl adjacent to an activating group) is 1. The van der Waals surface area contributed by atoms with Gasteiger partial charge in [-0.1, -0.05) is 11.6 Å². The SMILES string of the molecule is CNC(=O)C=Cc1c(C)c(O)n(Nc2ccc(C(F)(F)F)c(Cl)n2)c1O. The zero-order valence-corrected chi connectivity index (χ0v) is 14.3. The maximum absolute atomic E-state index is 12.7. The molecule has 2 rings (SSSR count). The minimum absolute atomic E-state index is 0.136. The maximum atomic E-state index is 12.7. The van der Waals surface area contributed by atoms with E-state index in [4.69, 9.17) is 11.6 Å². The molecule has 2 aromatic rings. The second-order valence-corrected chi connectivity index (χ2v) is 5.47. The van der Waals surface area contributed by atoms with Crippen LogP contribution in [0.4, 0.5) is 19.0 Å². The molecule has 0 bridgehead atoms. The third-order valence-corrected chi connectivity index (χ3v) is 3.72. The van der Waals surface area contributed by atoms with Gasteiger partial charge in [-0.3, -0.25) is 10.2 Å². The summed E-state index contributed by atoms with van der Waals surface area (Å²) < 4.78 is 38.9. The zero-order chi connectivity index (χ0) is 19.6. The molecule has 4 N–H and O–H groups in total. The van der Waals surface area contributed by atoms with Gasteiger partial charge in [0.1, 0.15) is 11.0 Å². The molecule has 0 aliphatic carbocycles. The van der Waals surface area contributed by atoms with Crippen LogP contribution < -0.4 is 10.7 Å². The Bertz CT molecular complexity index is 878. The highest BCUT2D eigenvalue weighted by Gasteiger charge is 2.34. The third kappa shape index (κ3) is 3.85. The van der Waals surface area contributed by atoms with Crippen LogP contribution >= 0.6 is 11.6 Å². The van der Waals surface area contributed by atoms with Crippen LogP contribution in [0.15, 0.2) is 18.2 Å². The number of carbonyl (C=O) groups excluding carboxylic acids is 1. The van der Waals surface area contributed by atoms with Crippen molar-refractivity contribution in [3.8, 4) is 11.8 Å². The number of nitrogens with zero attached hydrogens (tertiary/aromatic N) is 2. The first-order chi connectivity index (χ1) is 12.1. The van der Waals surface area contributed by atoms with Crippen molar-refractivity contribution in [1.29, 1.82) is 0 Å². The number of aromatic hydroxyl groups is 2. The number of anilines is 1. The summed E-state index contributed by atoms with van der Waals surface area (Å²) >= 11 is 5.54. The van der Waals surface area contributed by atoms with Crippen LogP contribution in [0, 0.1) is 6.92 Å². The van der Waals surface area contributed by atoms with Gasteiger partial charge in [0.2, 0.25) is 17.7 Å². The fourth-order valence-electron chi connectivity index (χ4n) is 2.05. The van der Waals surface area contributed by atoms with Crippen LogP contribution in [0.2, 0.25) is 5.15 Å². The van der Waals surface area contributed by atoms with E-state index in [1.165, 1.54) is 20.0 Å². The highest BCUT2D eigenvalue weighted by molar-refractivity contribution is 6.30. The number of pyridine rings is 1. The predicted molar refractivity (Wildman–Crippen MR) is 88.9 cm³/mol. The number of carbonyl (C=O) groups is 1. The molecule has 0 aliphatic heterocycles. The van der Waals surface area contributed by atoms with Gasteiger partial charge in [0, 0.05) is 24.3 Å². The zero-order valence-electron chi connectivity index (χ0n) is 13.5. The lowest BCUT2D eigenvalue weighted by Gasteiger charge is -2.12. The molecule has 0 aromatic carbocycles. The Labute approximate surface area is 150 Å². The van der Waals surface area contributed by atoms with Crippen LogP contribution in [0.3, 0.4) is 0 Å². The van der Waals surface area contributed by atoms with Crippen molar-refractivity contribution in [3.05, 3.63) is 40.1 Å². The molecular weight excluding hydrogens is 377 g/mol. The van der Waals surface area contributed by atoms with Crippen LogP contribution in [0.5, 0.6) is 11.8 Å². The number of halogens is 4. The number of amides is 1. The number of alkyl halides is 3. The maximum Gasteiger partial charge on any atom is 0.419 e. The number of hydrogen-bond acceptors (Lipinski definition) is 5. The largest absolute Gasteiger partial charge is 0.493 e. The minimum Gasteiger partial charge on any atom is -0.493 e. The van der Waals surface area contributed by atoms with Crippen LogP contribution in [-0.4, -0.2) is 32.8 Å². The Balaban J connectivity index is 2.38. The molecule has 0 radical (unpaired) electrons. The van der Waals surface area contributed by atoms with E-state index in [1.54, 1.807) is 0 Å². The van der Waals surface area contributed by atoms with Crippen molar-refractivity contribution in [2.45, 2.75) is 13.1 Å². The van der Waals surface area contributed by atoms with Gasteiger partial charge < -0.3 is 15.5 Å². The average Bonchev–Trinajstić information content (AvgIpc) is 2.75. The molecule has 2 aromatic heterocycles. The van der Waals surface area contributed by atoms with Crippen molar-refractivity contribution in [1.82, 2.24) is 15.0 Å². The van der Waals surface area contributed by atoms with Gasteiger partial charge in [-0.25, -0.2) is 4.98 Å². The Morgan fingerprint density at radius 2 is 1.96 bits per heavy atom. The fraction of sp³-hybridized carbons (Fsp3) is 0.200. The van der Waals surface area contributed by atoms with Gasteiger partial charge >= 0.3 is 6.18 Å². The second-order valence-electron chi connectivity index (χ2n) is 5.11. The van der Waals surface area contributed by atoms with Gasteiger partial charge in [-0.05, 0) is 25.1 Å². The molecule has 0 spiro atoms. The van der Waals surface area contributed by atoms with Crippen LogP contribution in [0.1, 0.15) is 16.7 Å². The summed E-state index contributed by atoms with van der Waals surface area (Å²) in [7, 11) is 1.42. The molecule has 11 heteroatoms. The molecule has 0 saturated carbocycles. The molecule has 0 atom stereocenters. The van der Waals surface area contributed by atoms with Crippen molar-refractivity contribution < 1.29 is 28.2 Å². The lowest BCUT2D eigenvalue weighted by atomic mass is 10.2. The average molecular weight is 391 g/mol. The van der Waals surface area contributed by atoms with E-state index in [2.05, 4.69) is 15.7 Å². The summed E-state index contributed by atoms with van der Waals surface area (Å²) in [5.41, 5.74) is 1.69. The summed E-state index contributed by atoms with van der Waals surface area (Å²) in [5, 5.41) is 21.9. The summed E-state index contributed by atoms with van der Waals surface area (Å²) in [6.07, 6.45) is -2.25. The Kier molecular flexibility index (Phi) is 5.36. The lowest BCUT2D eigenvalue weighted by Crippen LogP contribution is -2.13. The molecule has 7 nitrogen and oxygen atoms in total. The monoisotopic (exact) mass is 390 g/mol. The van der Waals surface area contributed by atoms with E-state index < -0.39 is 34.6 Å². The van der Waals surface area contributed by atoms with Gasteiger partial charge in [0.05, 0.1) is 5.56 Å². The molecule has 2 heterocycles. The summed E-state index contributed by atoms with van der Waals surface area (Å²) in [4.78, 5) is 14.8. The molecule has 1 amide bonds. The fourth-order valence-corrected chi connectivity index (χ4v) is 2.31. The quantitative estimate of drug-likeness (QED) is 0.475. The predicted octanol–water partition coefficient (Wildman–Crippen LogP) is 2.91. The van der Waals surface area contributed by atoms with E-state index in [9.17, 15) is 28.2 Å². The van der Waals surface area contributed by atoms with Gasteiger partial charge in [-0.15, -0.1) is 0 Å². The van der Waals surface area contributed by atoms with E-state index in [0.717, 1.165) is 16.8 Å². The molecule has 0 fully saturated rings. The number of nitrogens with one attached hydrogen (secondary N) is 2. The van der Waals surface area contributed by atoms with Crippen molar-refractivity contribution in [2.24, 2.45) is 0 Å².